The summed E-state index contributed by atoms with van der Waals surface area (Å²) in [5.74, 6) is -2.31. The molecular weight excluding hydrogens is 222 g/mol. The van der Waals surface area contributed by atoms with E-state index in [4.69, 9.17) is 0 Å². The molecule has 0 saturated heterocycles. The summed E-state index contributed by atoms with van der Waals surface area (Å²) in [6, 6.07) is 4.15. The van der Waals surface area contributed by atoms with Gasteiger partial charge in [-0.3, -0.25) is 9.59 Å². The van der Waals surface area contributed by atoms with Crippen molar-refractivity contribution in [2.24, 2.45) is 0 Å². The van der Waals surface area contributed by atoms with E-state index in [-0.39, 0.29) is 11.3 Å². The van der Waals surface area contributed by atoms with Gasteiger partial charge in [0, 0.05) is 12.2 Å². The largest absolute Gasteiger partial charge is 0.545 e. The van der Waals surface area contributed by atoms with E-state index in [2.05, 4.69) is 0 Å². The summed E-state index contributed by atoms with van der Waals surface area (Å²) in [7, 11) is 0. The molecule has 86 valence electrons. The number of benzene rings is 1. The van der Waals surface area contributed by atoms with E-state index >= 15 is 0 Å². The van der Waals surface area contributed by atoms with E-state index in [1.807, 2.05) is 0 Å². The van der Waals surface area contributed by atoms with Crippen LogP contribution in [0.3, 0.4) is 0 Å². The third kappa shape index (κ3) is 1.82. The molecule has 1 aliphatic heterocycles. The lowest BCUT2D eigenvalue weighted by atomic mass is 10.1. The first kappa shape index (κ1) is 11.1. The van der Waals surface area contributed by atoms with E-state index in [9.17, 15) is 19.5 Å². The lowest BCUT2D eigenvalue weighted by molar-refractivity contribution is -0.255. The van der Waals surface area contributed by atoms with Crippen molar-refractivity contribution in [3.05, 3.63) is 41.5 Å². The van der Waals surface area contributed by atoms with Gasteiger partial charge in [0.15, 0.2) is 0 Å². The molecule has 0 saturated carbocycles. The zero-order valence-corrected chi connectivity index (χ0v) is 8.97. The Bertz CT molecular complexity index is 542. The van der Waals surface area contributed by atoms with Crippen molar-refractivity contribution < 1.29 is 19.5 Å². The summed E-state index contributed by atoms with van der Waals surface area (Å²) >= 11 is 0. The van der Waals surface area contributed by atoms with Gasteiger partial charge in [-0.25, -0.2) is 4.90 Å². The molecule has 1 aromatic rings. The molecule has 0 aromatic heterocycles. The highest BCUT2D eigenvalue weighted by Gasteiger charge is 2.26. The standard InChI is InChI=1S/C12H9NO4/c1-7-2-3-8(12(16)17)6-9(7)13-10(14)4-5-11(13)15/h2-6H,1H3,(H,16,17)/p-1. The average Bonchev–Trinajstić information content (AvgIpc) is 2.59. The molecule has 2 rings (SSSR count). The quantitative estimate of drug-likeness (QED) is 0.658. The molecule has 1 aliphatic rings. The van der Waals surface area contributed by atoms with Crippen molar-refractivity contribution in [2.75, 3.05) is 4.90 Å². The normalized spacial score (nSPS) is 14.5. The van der Waals surface area contributed by atoms with Crippen LogP contribution < -0.4 is 10.0 Å². The maximum Gasteiger partial charge on any atom is 0.258 e. The van der Waals surface area contributed by atoms with Crippen LogP contribution in [-0.2, 0) is 9.59 Å². The minimum Gasteiger partial charge on any atom is -0.545 e. The number of carboxylic acids is 1. The number of rotatable bonds is 2. The van der Waals surface area contributed by atoms with Crippen LogP contribution >= 0.6 is 0 Å². The zero-order chi connectivity index (χ0) is 12.6. The van der Waals surface area contributed by atoms with E-state index in [0.717, 1.165) is 17.1 Å². The number of aryl methyl sites for hydroxylation is 1. The Balaban J connectivity index is 2.51. The number of aromatic carboxylic acids is 1. The number of carbonyl (C=O) groups excluding carboxylic acids is 3. The maximum atomic E-state index is 11.5. The molecule has 5 heteroatoms. The second-order valence-corrected chi connectivity index (χ2v) is 3.63. The first-order chi connectivity index (χ1) is 8.00. The Morgan fingerprint density at radius 3 is 2.29 bits per heavy atom. The molecule has 2 amide bonds. The number of carboxylic acid groups (broad SMARTS) is 1. The number of anilines is 1. The molecule has 17 heavy (non-hydrogen) atoms. The number of hydrogen-bond donors (Lipinski definition) is 0. The Labute approximate surface area is 97.0 Å². The number of hydrogen-bond acceptors (Lipinski definition) is 4. The Morgan fingerprint density at radius 1 is 1.18 bits per heavy atom. The number of nitrogens with zero attached hydrogens (tertiary/aromatic N) is 1. The van der Waals surface area contributed by atoms with Crippen LogP contribution in [-0.4, -0.2) is 17.8 Å². The van der Waals surface area contributed by atoms with Crippen LogP contribution in [0, 0.1) is 6.92 Å². The maximum absolute atomic E-state index is 11.5. The molecule has 0 radical (unpaired) electrons. The van der Waals surface area contributed by atoms with Crippen molar-refractivity contribution in [1.29, 1.82) is 0 Å². The highest BCUT2D eigenvalue weighted by Crippen LogP contribution is 2.24. The first-order valence-electron chi connectivity index (χ1n) is 4.89. The molecule has 0 atom stereocenters. The molecule has 5 nitrogen and oxygen atoms in total. The third-order valence-corrected chi connectivity index (χ3v) is 2.50. The molecule has 0 bridgehead atoms. The average molecular weight is 230 g/mol. The Morgan fingerprint density at radius 2 is 1.76 bits per heavy atom. The van der Waals surface area contributed by atoms with Gasteiger partial charge in [-0.2, -0.15) is 0 Å². The van der Waals surface area contributed by atoms with Gasteiger partial charge in [-0.15, -0.1) is 0 Å². The van der Waals surface area contributed by atoms with Crippen molar-refractivity contribution >= 4 is 23.5 Å². The first-order valence-corrected chi connectivity index (χ1v) is 4.89. The van der Waals surface area contributed by atoms with Crippen LogP contribution in [0.15, 0.2) is 30.4 Å². The van der Waals surface area contributed by atoms with Crippen molar-refractivity contribution in [3.63, 3.8) is 0 Å². The second-order valence-electron chi connectivity index (χ2n) is 3.63. The molecule has 0 unspecified atom stereocenters. The lowest BCUT2D eigenvalue weighted by Crippen LogP contribution is -2.31. The second kappa shape index (κ2) is 3.86. The fraction of sp³-hybridized carbons (Fsp3) is 0.0833. The topological polar surface area (TPSA) is 77.5 Å². The van der Waals surface area contributed by atoms with Gasteiger partial charge in [-0.1, -0.05) is 12.1 Å². The zero-order valence-electron chi connectivity index (χ0n) is 8.97. The van der Waals surface area contributed by atoms with Gasteiger partial charge in [0.05, 0.1) is 11.7 Å². The minimum atomic E-state index is -1.35. The third-order valence-electron chi connectivity index (χ3n) is 2.50. The van der Waals surface area contributed by atoms with Gasteiger partial charge in [-0.05, 0) is 24.1 Å². The fourth-order valence-corrected chi connectivity index (χ4v) is 1.61. The van der Waals surface area contributed by atoms with Crippen LogP contribution in [0.4, 0.5) is 5.69 Å². The number of carbonyl (C=O) groups is 3. The minimum absolute atomic E-state index is 0.0712. The van der Waals surface area contributed by atoms with Gasteiger partial charge in [0.1, 0.15) is 0 Å². The summed E-state index contributed by atoms with van der Waals surface area (Å²) in [5.41, 5.74) is 0.838. The van der Waals surface area contributed by atoms with Crippen molar-refractivity contribution in [2.45, 2.75) is 6.92 Å². The molecular formula is C12H8NO4-. The summed E-state index contributed by atoms with van der Waals surface area (Å²) in [6.07, 6.45) is 2.29. The summed E-state index contributed by atoms with van der Waals surface area (Å²) < 4.78 is 0. The van der Waals surface area contributed by atoms with Crippen LogP contribution in [0.25, 0.3) is 0 Å². The van der Waals surface area contributed by atoms with Crippen LogP contribution in [0.2, 0.25) is 0 Å². The number of imide groups is 1. The fourth-order valence-electron chi connectivity index (χ4n) is 1.61. The van der Waals surface area contributed by atoms with Gasteiger partial charge >= 0.3 is 0 Å². The predicted molar refractivity (Wildman–Crippen MR) is 57.1 cm³/mol. The molecule has 0 aliphatic carbocycles. The van der Waals surface area contributed by atoms with Crippen molar-refractivity contribution in [1.82, 2.24) is 0 Å². The Hall–Kier alpha value is -2.43. The molecule has 0 fully saturated rings. The summed E-state index contributed by atoms with van der Waals surface area (Å²) in [5, 5.41) is 10.7. The number of amides is 2. The van der Waals surface area contributed by atoms with Crippen LogP contribution in [0.1, 0.15) is 15.9 Å². The lowest BCUT2D eigenvalue weighted by Gasteiger charge is -2.17. The van der Waals surface area contributed by atoms with E-state index in [1.165, 1.54) is 18.2 Å². The van der Waals surface area contributed by atoms with E-state index < -0.39 is 17.8 Å². The molecule has 0 N–H and O–H groups in total. The van der Waals surface area contributed by atoms with Gasteiger partial charge in [0.25, 0.3) is 11.8 Å². The molecule has 0 spiro atoms. The molecule has 1 aromatic carbocycles. The smallest absolute Gasteiger partial charge is 0.258 e. The predicted octanol–water partition coefficient (Wildman–Crippen LogP) is -0.212. The Kier molecular flexibility index (Phi) is 2.51. The van der Waals surface area contributed by atoms with Gasteiger partial charge in [0.2, 0.25) is 0 Å². The van der Waals surface area contributed by atoms with E-state index in [0.29, 0.717) is 5.56 Å². The van der Waals surface area contributed by atoms with E-state index in [1.54, 1.807) is 6.92 Å². The van der Waals surface area contributed by atoms with Crippen LogP contribution in [0.5, 0.6) is 0 Å². The van der Waals surface area contributed by atoms with Crippen molar-refractivity contribution in [3.8, 4) is 0 Å². The monoisotopic (exact) mass is 230 g/mol. The summed E-state index contributed by atoms with van der Waals surface area (Å²) in [6.45, 7) is 1.69. The highest BCUT2D eigenvalue weighted by molar-refractivity contribution is 6.28. The van der Waals surface area contributed by atoms with Gasteiger partial charge < -0.3 is 9.90 Å². The highest BCUT2D eigenvalue weighted by atomic mass is 16.4. The SMILES string of the molecule is Cc1ccc(C(=O)[O-])cc1N1C(=O)C=CC1=O. The molecule has 1 heterocycles. The summed E-state index contributed by atoms with van der Waals surface area (Å²) in [4.78, 5) is 34.6.